The molecule has 0 atom stereocenters. The van der Waals surface area contributed by atoms with Crippen LogP contribution in [0.4, 0.5) is 0 Å². The van der Waals surface area contributed by atoms with Crippen LogP contribution in [0.5, 0.6) is 5.75 Å². The Morgan fingerprint density at radius 2 is 1.85 bits per heavy atom. The van der Waals surface area contributed by atoms with Gasteiger partial charge in [-0.15, -0.1) is 6.42 Å². The Bertz CT molecular complexity index is 1370. The standard InChI is InChI=1S/C28H22IN3O2/c1-3-17-34-27-16-10-21(18-25(27)29)19-30-31-28(33)23-11-13-24(14-12-23)32-20(2)9-15-26(32)22-7-5-4-6-8-22/h1,4-16,18-19H,17H2,2H3,(H,31,33)/b30-19+. The van der Waals surface area contributed by atoms with Crippen LogP contribution < -0.4 is 10.2 Å². The maximum atomic E-state index is 12.6. The normalized spacial score (nSPS) is 10.7. The van der Waals surface area contributed by atoms with E-state index < -0.39 is 0 Å². The van der Waals surface area contributed by atoms with Gasteiger partial charge in [0.15, 0.2) is 0 Å². The Balaban J connectivity index is 1.44. The van der Waals surface area contributed by atoms with Gasteiger partial charge in [0.1, 0.15) is 12.4 Å². The molecule has 0 saturated carbocycles. The van der Waals surface area contributed by atoms with Crippen molar-refractivity contribution in [1.29, 1.82) is 0 Å². The Kier molecular flexibility index (Phi) is 7.45. The predicted octanol–water partition coefficient (Wildman–Crippen LogP) is 5.83. The summed E-state index contributed by atoms with van der Waals surface area (Å²) in [5.41, 5.74) is 8.29. The SMILES string of the molecule is C#CCOc1ccc(/C=N/NC(=O)c2ccc(-n3c(C)ccc3-c3ccccc3)cc2)cc1I. The highest BCUT2D eigenvalue weighted by molar-refractivity contribution is 14.1. The van der Waals surface area contributed by atoms with Crippen molar-refractivity contribution in [1.82, 2.24) is 9.99 Å². The van der Waals surface area contributed by atoms with Crippen molar-refractivity contribution in [2.24, 2.45) is 5.10 Å². The molecule has 0 aliphatic rings. The number of carbonyl (C=O) groups is 1. The van der Waals surface area contributed by atoms with Crippen LogP contribution in [0.1, 0.15) is 21.6 Å². The summed E-state index contributed by atoms with van der Waals surface area (Å²) >= 11 is 2.17. The van der Waals surface area contributed by atoms with E-state index in [-0.39, 0.29) is 12.5 Å². The molecule has 34 heavy (non-hydrogen) atoms. The minimum absolute atomic E-state index is 0.218. The first-order valence-corrected chi connectivity index (χ1v) is 11.7. The first kappa shape index (κ1) is 23.3. The maximum absolute atomic E-state index is 12.6. The van der Waals surface area contributed by atoms with E-state index in [9.17, 15) is 4.79 Å². The Morgan fingerprint density at radius 1 is 1.09 bits per heavy atom. The second-order valence-corrected chi connectivity index (χ2v) is 8.65. The number of nitrogens with zero attached hydrogens (tertiary/aromatic N) is 2. The first-order chi connectivity index (χ1) is 16.6. The van der Waals surface area contributed by atoms with Crippen LogP contribution >= 0.6 is 22.6 Å². The smallest absolute Gasteiger partial charge is 0.271 e. The quantitative estimate of drug-likeness (QED) is 0.134. The molecule has 1 amide bonds. The number of benzene rings is 3. The minimum atomic E-state index is -0.279. The minimum Gasteiger partial charge on any atom is -0.480 e. The number of rotatable bonds is 7. The van der Waals surface area contributed by atoms with Crippen LogP contribution in [0.15, 0.2) is 90.0 Å². The summed E-state index contributed by atoms with van der Waals surface area (Å²) in [5, 5.41) is 4.08. The zero-order chi connectivity index (χ0) is 23.9. The fourth-order valence-corrected chi connectivity index (χ4v) is 4.24. The van der Waals surface area contributed by atoms with Gasteiger partial charge in [-0.05, 0) is 95.2 Å². The van der Waals surface area contributed by atoms with E-state index in [0.29, 0.717) is 11.3 Å². The van der Waals surface area contributed by atoms with Gasteiger partial charge in [0, 0.05) is 16.9 Å². The monoisotopic (exact) mass is 559 g/mol. The summed E-state index contributed by atoms with van der Waals surface area (Å²) in [7, 11) is 0. The Labute approximate surface area is 212 Å². The van der Waals surface area contributed by atoms with E-state index in [1.165, 1.54) is 0 Å². The molecule has 5 nitrogen and oxygen atoms in total. The molecular formula is C28H22IN3O2. The number of terminal acetylenes is 1. The highest BCUT2D eigenvalue weighted by Crippen LogP contribution is 2.26. The highest BCUT2D eigenvalue weighted by atomic mass is 127. The lowest BCUT2D eigenvalue weighted by atomic mass is 10.1. The third-order valence-corrected chi connectivity index (χ3v) is 6.02. The van der Waals surface area contributed by atoms with E-state index in [1.54, 1.807) is 18.3 Å². The number of halogens is 1. The van der Waals surface area contributed by atoms with Gasteiger partial charge in [-0.3, -0.25) is 4.79 Å². The van der Waals surface area contributed by atoms with Crippen molar-refractivity contribution in [3.05, 3.63) is 105 Å². The van der Waals surface area contributed by atoms with Crippen molar-refractivity contribution >= 4 is 34.7 Å². The molecule has 3 aromatic carbocycles. The molecule has 0 aliphatic heterocycles. The summed E-state index contributed by atoms with van der Waals surface area (Å²) in [4.78, 5) is 12.6. The van der Waals surface area contributed by atoms with Gasteiger partial charge in [0.05, 0.1) is 15.5 Å². The van der Waals surface area contributed by atoms with Crippen LogP contribution in [-0.4, -0.2) is 23.3 Å². The summed E-state index contributed by atoms with van der Waals surface area (Å²) in [5.74, 6) is 2.88. The number of aryl methyl sites for hydroxylation is 1. The number of nitrogens with one attached hydrogen (secondary N) is 1. The highest BCUT2D eigenvalue weighted by Gasteiger charge is 2.11. The molecule has 0 bridgehead atoms. The number of hydrogen-bond acceptors (Lipinski definition) is 3. The topological polar surface area (TPSA) is 55.6 Å². The van der Waals surface area contributed by atoms with Gasteiger partial charge in [-0.1, -0.05) is 36.3 Å². The van der Waals surface area contributed by atoms with Crippen molar-refractivity contribution in [2.75, 3.05) is 6.61 Å². The van der Waals surface area contributed by atoms with E-state index >= 15 is 0 Å². The largest absolute Gasteiger partial charge is 0.480 e. The van der Waals surface area contributed by atoms with E-state index in [2.05, 4.69) is 74.8 Å². The predicted molar refractivity (Wildman–Crippen MR) is 144 cm³/mol. The molecule has 1 aromatic heterocycles. The summed E-state index contributed by atoms with van der Waals surface area (Å²) in [6.07, 6.45) is 6.82. The average Bonchev–Trinajstić information content (AvgIpc) is 3.25. The third-order valence-electron chi connectivity index (χ3n) is 5.18. The molecule has 1 N–H and O–H groups in total. The van der Waals surface area contributed by atoms with Crippen molar-refractivity contribution < 1.29 is 9.53 Å². The number of hydrazone groups is 1. The average molecular weight is 559 g/mol. The lowest BCUT2D eigenvalue weighted by Crippen LogP contribution is -2.17. The molecule has 0 unspecified atom stereocenters. The number of amides is 1. The number of carbonyl (C=O) groups excluding carboxylic acids is 1. The van der Waals surface area contributed by atoms with Gasteiger partial charge < -0.3 is 9.30 Å². The second-order valence-electron chi connectivity index (χ2n) is 7.49. The zero-order valence-corrected chi connectivity index (χ0v) is 20.7. The van der Waals surface area contributed by atoms with Crippen LogP contribution in [0.2, 0.25) is 0 Å². The summed E-state index contributed by atoms with van der Waals surface area (Å²) in [6, 6.07) is 27.5. The van der Waals surface area contributed by atoms with E-state index in [0.717, 1.165) is 31.8 Å². The second kappa shape index (κ2) is 10.9. The van der Waals surface area contributed by atoms with Crippen LogP contribution in [-0.2, 0) is 0 Å². The molecule has 1 heterocycles. The molecule has 168 valence electrons. The van der Waals surface area contributed by atoms with E-state index in [4.69, 9.17) is 11.2 Å². The van der Waals surface area contributed by atoms with Gasteiger partial charge in [-0.25, -0.2) is 5.43 Å². The molecular weight excluding hydrogens is 537 g/mol. The van der Waals surface area contributed by atoms with Crippen molar-refractivity contribution in [3.63, 3.8) is 0 Å². The van der Waals surface area contributed by atoms with Gasteiger partial charge in [-0.2, -0.15) is 5.10 Å². The number of ether oxygens (including phenoxy) is 1. The molecule has 4 aromatic rings. The lowest BCUT2D eigenvalue weighted by molar-refractivity contribution is 0.0955. The van der Waals surface area contributed by atoms with Crippen LogP contribution in [0.3, 0.4) is 0 Å². The molecule has 6 heteroatoms. The summed E-state index contributed by atoms with van der Waals surface area (Å²) < 4.78 is 8.54. The summed E-state index contributed by atoms with van der Waals surface area (Å²) in [6.45, 7) is 2.28. The lowest BCUT2D eigenvalue weighted by Gasteiger charge is -2.12. The van der Waals surface area contributed by atoms with E-state index in [1.807, 2.05) is 48.5 Å². The van der Waals surface area contributed by atoms with Gasteiger partial charge >= 0.3 is 0 Å². The van der Waals surface area contributed by atoms with Crippen molar-refractivity contribution in [2.45, 2.75) is 6.92 Å². The molecule has 0 aliphatic carbocycles. The Hall–Kier alpha value is -3.83. The fourth-order valence-electron chi connectivity index (χ4n) is 3.54. The maximum Gasteiger partial charge on any atom is 0.271 e. The zero-order valence-electron chi connectivity index (χ0n) is 18.5. The molecule has 0 radical (unpaired) electrons. The van der Waals surface area contributed by atoms with Crippen molar-refractivity contribution in [3.8, 4) is 35.0 Å². The van der Waals surface area contributed by atoms with Crippen LogP contribution in [0.25, 0.3) is 16.9 Å². The van der Waals surface area contributed by atoms with Crippen LogP contribution in [0, 0.1) is 22.8 Å². The first-order valence-electron chi connectivity index (χ1n) is 10.6. The van der Waals surface area contributed by atoms with Gasteiger partial charge in [0.2, 0.25) is 0 Å². The molecule has 4 rings (SSSR count). The number of aromatic nitrogens is 1. The molecule has 0 fully saturated rings. The van der Waals surface area contributed by atoms with Gasteiger partial charge in [0.25, 0.3) is 5.91 Å². The number of hydrogen-bond donors (Lipinski definition) is 1. The molecule has 0 spiro atoms. The third kappa shape index (κ3) is 5.38. The fraction of sp³-hybridized carbons (Fsp3) is 0.0714. The Morgan fingerprint density at radius 3 is 2.56 bits per heavy atom. The molecule has 0 saturated heterocycles.